The van der Waals surface area contributed by atoms with E-state index in [1.807, 2.05) is 24.3 Å². The van der Waals surface area contributed by atoms with Crippen molar-refractivity contribution in [3.05, 3.63) is 54.1 Å². The first kappa shape index (κ1) is 12.5. The van der Waals surface area contributed by atoms with Crippen molar-refractivity contribution >= 4 is 33.9 Å². The van der Waals surface area contributed by atoms with E-state index >= 15 is 0 Å². The summed E-state index contributed by atoms with van der Waals surface area (Å²) in [6.45, 7) is 3.04. The Morgan fingerprint density at radius 1 is 1.15 bits per heavy atom. The number of carboxylic acids is 1. The van der Waals surface area contributed by atoms with Crippen LogP contribution < -0.4 is 0 Å². The Morgan fingerprint density at radius 3 is 2.65 bits per heavy atom. The summed E-state index contributed by atoms with van der Waals surface area (Å²) in [5.41, 5.74) is 3.30. The lowest BCUT2D eigenvalue weighted by Gasteiger charge is -2.02. The average molecular weight is 265 g/mol. The molecule has 20 heavy (non-hydrogen) atoms. The highest BCUT2D eigenvalue weighted by molar-refractivity contribution is 6.08. The fourth-order valence-electron chi connectivity index (χ4n) is 2.68. The van der Waals surface area contributed by atoms with E-state index in [1.165, 1.54) is 22.5 Å². The fraction of sp³-hybridized carbons (Fsp3) is 0.118. The second-order valence-electron chi connectivity index (χ2n) is 4.71. The van der Waals surface area contributed by atoms with Crippen LogP contribution in [0.4, 0.5) is 0 Å². The maximum Gasteiger partial charge on any atom is 0.328 e. The van der Waals surface area contributed by atoms with Crippen molar-refractivity contribution in [2.24, 2.45) is 0 Å². The maximum absolute atomic E-state index is 10.6. The van der Waals surface area contributed by atoms with Gasteiger partial charge in [-0.3, -0.25) is 0 Å². The van der Waals surface area contributed by atoms with E-state index in [2.05, 4.69) is 29.7 Å². The number of aromatic nitrogens is 1. The number of para-hydroxylation sites is 1. The summed E-state index contributed by atoms with van der Waals surface area (Å²) < 4.78 is 2.27. The third-order valence-electron chi connectivity index (χ3n) is 3.53. The van der Waals surface area contributed by atoms with Gasteiger partial charge in [-0.05, 0) is 36.8 Å². The number of carboxylic acid groups (broad SMARTS) is 1. The third-order valence-corrected chi connectivity index (χ3v) is 3.53. The Hall–Kier alpha value is -2.55. The highest BCUT2D eigenvalue weighted by Crippen LogP contribution is 2.29. The van der Waals surface area contributed by atoms with Crippen molar-refractivity contribution in [2.75, 3.05) is 0 Å². The lowest BCUT2D eigenvalue weighted by Crippen LogP contribution is -1.92. The molecule has 1 heterocycles. The van der Waals surface area contributed by atoms with Crippen molar-refractivity contribution in [2.45, 2.75) is 13.5 Å². The Morgan fingerprint density at radius 2 is 1.90 bits per heavy atom. The molecule has 0 saturated carbocycles. The zero-order valence-corrected chi connectivity index (χ0v) is 11.2. The minimum Gasteiger partial charge on any atom is -0.478 e. The van der Waals surface area contributed by atoms with Crippen LogP contribution in [0.15, 0.2) is 48.5 Å². The standard InChI is InChI=1S/C17H15NO2/c1-2-18-15-6-4-3-5-13(15)14-11-12(7-9-16(14)18)8-10-17(19)20/h3-11H,2H2,1H3,(H,19,20)/b10-8+. The number of hydrogen-bond donors (Lipinski definition) is 1. The Balaban J connectivity index is 2.28. The number of aliphatic carboxylic acids is 1. The molecular formula is C17H15NO2. The lowest BCUT2D eigenvalue weighted by atomic mass is 10.1. The zero-order valence-electron chi connectivity index (χ0n) is 11.2. The smallest absolute Gasteiger partial charge is 0.328 e. The molecule has 1 aromatic heterocycles. The van der Waals surface area contributed by atoms with E-state index in [4.69, 9.17) is 5.11 Å². The lowest BCUT2D eigenvalue weighted by molar-refractivity contribution is -0.131. The van der Waals surface area contributed by atoms with Gasteiger partial charge in [-0.1, -0.05) is 24.3 Å². The summed E-state index contributed by atoms with van der Waals surface area (Å²) in [6.07, 6.45) is 2.79. The summed E-state index contributed by atoms with van der Waals surface area (Å²) in [4.78, 5) is 10.6. The van der Waals surface area contributed by atoms with Gasteiger partial charge in [0.15, 0.2) is 0 Å². The molecule has 3 aromatic rings. The van der Waals surface area contributed by atoms with Gasteiger partial charge in [-0.2, -0.15) is 0 Å². The van der Waals surface area contributed by atoms with Gasteiger partial charge in [0.2, 0.25) is 0 Å². The number of nitrogens with zero attached hydrogens (tertiary/aromatic N) is 1. The molecule has 0 atom stereocenters. The van der Waals surface area contributed by atoms with E-state index in [-0.39, 0.29) is 0 Å². The van der Waals surface area contributed by atoms with Crippen molar-refractivity contribution < 1.29 is 9.90 Å². The summed E-state index contributed by atoms with van der Waals surface area (Å²) in [5, 5.41) is 11.1. The van der Waals surface area contributed by atoms with Gasteiger partial charge in [0.1, 0.15) is 0 Å². The largest absolute Gasteiger partial charge is 0.478 e. The molecule has 3 nitrogen and oxygen atoms in total. The minimum absolute atomic E-state index is 0.902. The Labute approximate surface area is 116 Å². The third kappa shape index (κ3) is 1.97. The van der Waals surface area contributed by atoms with Crippen LogP contribution in [0.1, 0.15) is 12.5 Å². The molecule has 0 radical (unpaired) electrons. The van der Waals surface area contributed by atoms with Crippen molar-refractivity contribution in [1.29, 1.82) is 0 Å². The van der Waals surface area contributed by atoms with Gasteiger partial charge >= 0.3 is 5.97 Å². The molecule has 3 rings (SSSR count). The molecule has 0 fully saturated rings. The number of aryl methyl sites for hydroxylation is 1. The summed E-state index contributed by atoms with van der Waals surface area (Å²) in [7, 11) is 0. The van der Waals surface area contributed by atoms with Crippen LogP contribution in [-0.2, 0) is 11.3 Å². The summed E-state index contributed by atoms with van der Waals surface area (Å²) in [6, 6.07) is 14.3. The first-order chi connectivity index (χ1) is 9.70. The van der Waals surface area contributed by atoms with Crippen LogP contribution in [0, 0.1) is 0 Å². The predicted octanol–water partition coefficient (Wildman–Crippen LogP) is 3.91. The van der Waals surface area contributed by atoms with Crippen LogP contribution in [0.5, 0.6) is 0 Å². The molecule has 0 aliphatic heterocycles. The Kier molecular flexibility index (Phi) is 3.03. The Bertz CT molecular complexity index is 827. The molecule has 0 unspecified atom stereocenters. The van der Waals surface area contributed by atoms with E-state index < -0.39 is 5.97 Å². The molecule has 0 bridgehead atoms. The number of benzene rings is 2. The van der Waals surface area contributed by atoms with Gasteiger partial charge in [0.05, 0.1) is 0 Å². The second kappa shape index (κ2) is 4.85. The summed E-state index contributed by atoms with van der Waals surface area (Å²) >= 11 is 0. The first-order valence-electron chi connectivity index (χ1n) is 6.62. The van der Waals surface area contributed by atoms with Crippen LogP contribution in [-0.4, -0.2) is 15.6 Å². The second-order valence-corrected chi connectivity index (χ2v) is 4.71. The molecule has 2 aromatic carbocycles. The fourth-order valence-corrected chi connectivity index (χ4v) is 2.68. The van der Waals surface area contributed by atoms with Crippen molar-refractivity contribution in [3.8, 4) is 0 Å². The molecule has 0 aliphatic carbocycles. The molecule has 1 N–H and O–H groups in total. The van der Waals surface area contributed by atoms with Gasteiger partial charge in [0.25, 0.3) is 0 Å². The predicted molar refractivity (Wildman–Crippen MR) is 81.8 cm³/mol. The first-order valence-corrected chi connectivity index (χ1v) is 6.62. The highest BCUT2D eigenvalue weighted by Gasteiger charge is 2.08. The minimum atomic E-state index is -0.930. The highest BCUT2D eigenvalue weighted by atomic mass is 16.4. The summed E-state index contributed by atoms with van der Waals surface area (Å²) in [5.74, 6) is -0.930. The maximum atomic E-state index is 10.6. The van der Waals surface area contributed by atoms with Crippen molar-refractivity contribution in [3.63, 3.8) is 0 Å². The molecule has 0 aliphatic rings. The number of hydrogen-bond acceptors (Lipinski definition) is 1. The van der Waals surface area contributed by atoms with E-state index in [0.717, 1.165) is 17.5 Å². The molecule has 3 heteroatoms. The monoisotopic (exact) mass is 265 g/mol. The molecule has 0 spiro atoms. The number of rotatable bonds is 3. The van der Waals surface area contributed by atoms with E-state index in [1.54, 1.807) is 6.08 Å². The number of carbonyl (C=O) groups is 1. The van der Waals surface area contributed by atoms with Crippen LogP contribution in [0.3, 0.4) is 0 Å². The van der Waals surface area contributed by atoms with Gasteiger partial charge < -0.3 is 9.67 Å². The van der Waals surface area contributed by atoms with Crippen LogP contribution >= 0.6 is 0 Å². The van der Waals surface area contributed by atoms with E-state index in [9.17, 15) is 4.79 Å². The average Bonchev–Trinajstić information content (AvgIpc) is 2.78. The van der Waals surface area contributed by atoms with Crippen LogP contribution in [0.25, 0.3) is 27.9 Å². The molecule has 0 saturated heterocycles. The molecule has 100 valence electrons. The molecule has 0 amide bonds. The van der Waals surface area contributed by atoms with Gasteiger partial charge in [-0.25, -0.2) is 4.79 Å². The SMILES string of the molecule is CCn1c2ccccc2c2cc(/C=C/C(=O)O)ccc21. The number of fused-ring (bicyclic) bond motifs is 3. The van der Waals surface area contributed by atoms with Crippen LogP contribution in [0.2, 0.25) is 0 Å². The van der Waals surface area contributed by atoms with Gasteiger partial charge in [0, 0.05) is 34.4 Å². The normalized spacial score (nSPS) is 11.7. The molecular weight excluding hydrogens is 250 g/mol. The quantitative estimate of drug-likeness (QED) is 0.729. The zero-order chi connectivity index (χ0) is 14.1. The van der Waals surface area contributed by atoms with E-state index in [0.29, 0.717) is 0 Å². The van der Waals surface area contributed by atoms with Crippen molar-refractivity contribution in [1.82, 2.24) is 4.57 Å². The topological polar surface area (TPSA) is 42.2 Å². The van der Waals surface area contributed by atoms with Gasteiger partial charge in [-0.15, -0.1) is 0 Å².